The lowest BCUT2D eigenvalue weighted by Gasteiger charge is -2.06. The lowest BCUT2D eigenvalue weighted by molar-refractivity contribution is 0.0582. The van der Waals surface area contributed by atoms with Crippen LogP contribution in [0.25, 0.3) is 6.08 Å². The van der Waals surface area contributed by atoms with Crippen LogP contribution in [0.15, 0.2) is 24.8 Å². The van der Waals surface area contributed by atoms with Crippen LogP contribution in [-0.2, 0) is 4.74 Å². The summed E-state index contributed by atoms with van der Waals surface area (Å²) in [5.41, 5.74) is 0.340. The molecule has 4 nitrogen and oxygen atoms in total. The van der Waals surface area contributed by atoms with E-state index in [-0.39, 0.29) is 11.1 Å². The molecule has 4 heteroatoms. The molecule has 0 aromatic heterocycles. The fourth-order valence-corrected chi connectivity index (χ4v) is 1.26. The SMILES string of the molecule is C=Cc1cccc(C(=O)OC)c1C(=O)O. The van der Waals surface area contributed by atoms with Crippen LogP contribution in [0.5, 0.6) is 0 Å². The molecule has 1 aromatic rings. The van der Waals surface area contributed by atoms with Gasteiger partial charge in [-0.15, -0.1) is 0 Å². The second-order valence-electron chi connectivity index (χ2n) is 2.77. The molecule has 0 radical (unpaired) electrons. The standard InChI is InChI=1S/C11H10O4/c1-3-7-5-4-6-8(11(14)15-2)9(7)10(12)13/h3-6H,1H2,2H3,(H,12,13). The Morgan fingerprint density at radius 1 is 1.47 bits per heavy atom. The van der Waals surface area contributed by atoms with Crippen LogP contribution in [0.1, 0.15) is 26.3 Å². The topological polar surface area (TPSA) is 63.6 Å². The number of benzene rings is 1. The molecule has 0 amide bonds. The third-order valence-corrected chi connectivity index (χ3v) is 1.94. The fourth-order valence-electron chi connectivity index (χ4n) is 1.26. The molecule has 15 heavy (non-hydrogen) atoms. The molecule has 0 unspecified atom stereocenters. The molecule has 0 spiro atoms. The first-order chi connectivity index (χ1) is 7.11. The maximum absolute atomic E-state index is 11.3. The number of carbonyl (C=O) groups is 2. The van der Waals surface area contributed by atoms with Crippen molar-refractivity contribution in [1.29, 1.82) is 0 Å². The third-order valence-electron chi connectivity index (χ3n) is 1.94. The average Bonchev–Trinajstić information content (AvgIpc) is 2.26. The molecule has 0 aliphatic carbocycles. The predicted octanol–water partition coefficient (Wildman–Crippen LogP) is 1.81. The zero-order valence-corrected chi connectivity index (χ0v) is 8.19. The summed E-state index contributed by atoms with van der Waals surface area (Å²) in [6, 6.07) is 4.56. The van der Waals surface area contributed by atoms with Crippen LogP contribution in [-0.4, -0.2) is 24.2 Å². The van der Waals surface area contributed by atoms with E-state index in [1.165, 1.54) is 19.3 Å². The Hall–Kier alpha value is -2.10. The lowest BCUT2D eigenvalue weighted by atomic mass is 10.0. The minimum Gasteiger partial charge on any atom is -0.478 e. The highest BCUT2D eigenvalue weighted by atomic mass is 16.5. The van der Waals surface area contributed by atoms with Crippen molar-refractivity contribution in [2.45, 2.75) is 0 Å². The molecule has 0 heterocycles. The van der Waals surface area contributed by atoms with E-state index in [0.29, 0.717) is 5.56 Å². The quantitative estimate of drug-likeness (QED) is 0.766. The minimum absolute atomic E-state index is 0.0300. The maximum Gasteiger partial charge on any atom is 0.338 e. The molecule has 0 saturated heterocycles. The summed E-state index contributed by atoms with van der Waals surface area (Å²) >= 11 is 0. The van der Waals surface area contributed by atoms with Crippen LogP contribution in [0.2, 0.25) is 0 Å². The number of aromatic carboxylic acids is 1. The number of esters is 1. The fraction of sp³-hybridized carbons (Fsp3) is 0.0909. The van der Waals surface area contributed by atoms with E-state index in [4.69, 9.17) is 5.11 Å². The van der Waals surface area contributed by atoms with Gasteiger partial charge in [0, 0.05) is 0 Å². The zero-order chi connectivity index (χ0) is 11.4. The smallest absolute Gasteiger partial charge is 0.338 e. The molecule has 1 aromatic carbocycles. The molecule has 0 bridgehead atoms. The van der Waals surface area contributed by atoms with Gasteiger partial charge in [0.2, 0.25) is 0 Å². The van der Waals surface area contributed by atoms with Gasteiger partial charge >= 0.3 is 11.9 Å². The predicted molar refractivity (Wildman–Crippen MR) is 54.8 cm³/mol. The summed E-state index contributed by atoms with van der Waals surface area (Å²) < 4.78 is 4.49. The molecule has 78 valence electrons. The van der Waals surface area contributed by atoms with Crippen LogP contribution >= 0.6 is 0 Å². The Kier molecular flexibility index (Phi) is 3.23. The maximum atomic E-state index is 11.3. The summed E-state index contributed by atoms with van der Waals surface area (Å²) in [5, 5.41) is 8.97. The van der Waals surface area contributed by atoms with Crippen molar-refractivity contribution in [2.24, 2.45) is 0 Å². The molecule has 0 aliphatic rings. The van der Waals surface area contributed by atoms with Crippen molar-refractivity contribution < 1.29 is 19.4 Å². The molecule has 0 atom stereocenters. The van der Waals surface area contributed by atoms with Gasteiger partial charge in [0.05, 0.1) is 18.2 Å². The number of carboxylic acid groups (broad SMARTS) is 1. The largest absolute Gasteiger partial charge is 0.478 e. The van der Waals surface area contributed by atoms with Crippen molar-refractivity contribution in [3.05, 3.63) is 41.5 Å². The van der Waals surface area contributed by atoms with Crippen LogP contribution in [0, 0.1) is 0 Å². The molecule has 0 fully saturated rings. The number of carbonyl (C=O) groups excluding carboxylic acids is 1. The molecule has 0 aliphatic heterocycles. The first-order valence-corrected chi connectivity index (χ1v) is 4.19. The normalized spacial score (nSPS) is 9.40. The minimum atomic E-state index is -1.18. The van der Waals surface area contributed by atoms with E-state index in [2.05, 4.69) is 11.3 Å². The van der Waals surface area contributed by atoms with Gasteiger partial charge in [-0.05, 0) is 11.6 Å². The zero-order valence-electron chi connectivity index (χ0n) is 8.19. The summed E-state index contributed by atoms with van der Waals surface area (Å²) in [7, 11) is 1.20. The number of hydrogen-bond acceptors (Lipinski definition) is 3. The van der Waals surface area contributed by atoms with Crippen molar-refractivity contribution in [2.75, 3.05) is 7.11 Å². The Bertz CT molecular complexity index is 421. The van der Waals surface area contributed by atoms with E-state index in [1.807, 2.05) is 0 Å². The number of rotatable bonds is 3. The Morgan fingerprint density at radius 3 is 2.60 bits per heavy atom. The first-order valence-electron chi connectivity index (χ1n) is 4.19. The van der Waals surface area contributed by atoms with Crippen molar-refractivity contribution in [3.63, 3.8) is 0 Å². The van der Waals surface area contributed by atoms with E-state index in [1.54, 1.807) is 12.1 Å². The van der Waals surface area contributed by atoms with Gasteiger partial charge in [0.1, 0.15) is 0 Å². The number of hydrogen-bond donors (Lipinski definition) is 1. The first kappa shape index (κ1) is 11.0. The van der Waals surface area contributed by atoms with Crippen molar-refractivity contribution in [1.82, 2.24) is 0 Å². The summed E-state index contributed by atoms with van der Waals surface area (Å²) in [5.74, 6) is -1.85. The highest BCUT2D eigenvalue weighted by Gasteiger charge is 2.19. The van der Waals surface area contributed by atoms with Gasteiger partial charge in [-0.25, -0.2) is 9.59 Å². The van der Waals surface area contributed by atoms with Gasteiger partial charge in [-0.2, -0.15) is 0 Å². The molecular formula is C11H10O4. The number of methoxy groups -OCH3 is 1. The van der Waals surface area contributed by atoms with Gasteiger partial charge < -0.3 is 9.84 Å². The third kappa shape index (κ3) is 2.04. The second kappa shape index (κ2) is 4.41. The summed E-state index contributed by atoms with van der Waals surface area (Å²) in [6.07, 6.45) is 1.38. The molecule has 0 saturated carbocycles. The highest BCUT2D eigenvalue weighted by molar-refractivity contribution is 6.04. The Morgan fingerprint density at radius 2 is 2.13 bits per heavy atom. The number of carboxylic acids is 1. The Balaban J connectivity index is 3.44. The summed E-state index contributed by atoms with van der Waals surface area (Å²) in [4.78, 5) is 22.3. The highest BCUT2D eigenvalue weighted by Crippen LogP contribution is 2.17. The monoisotopic (exact) mass is 206 g/mol. The van der Waals surface area contributed by atoms with Gasteiger partial charge in [-0.1, -0.05) is 24.8 Å². The van der Waals surface area contributed by atoms with Gasteiger partial charge in [0.15, 0.2) is 0 Å². The van der Waals surface area contributed by atoms with Crippen LogP contribution in [0.4, 0.5) is 0 Å². The van der Waals surface area contributed by atoms with E-state index >= 15 is 0 Å². The van der Waals surface area contributed by atoms with Gasteiger partial charge in [-0.3, -0.25) is 0 Å². The molecule has 1 N–H and O–H groups in total. The summed E-state index contributed by atoms with van der Waals surface area (Å²) in [6.45, 7) is 3.48. The van der Waals surface area contributed by atoms with E-state index in [0.717, 1.165) is 0 Å². The Labute approximate surface area is 86.8 Å². The van der Waals surface area contributed by atoms with E-state index < -0.39 is 11.9 Å². The van der Waals surface area contributed by atoms with Crippen LogP contribution < -0.4 is 0 Å². The molecule has 1 rings (SSSR count). The van der Waals surface area contributed by atoms with Crippen molar-refractivity contribution in [3.8, 4) is 0 Å². The van der Waals surface area contributed by atoms with Gasteiger partial charge in [0.25, 0.3) is 0 Å². The van der Waals surface area contributed by atoms with Crippen molar-refractivity contribution >= 4 is 18.0 Å². The van der Waals surface area contributed by atoms with Crippen LogP contribution in [0.3, 0.4) is 0 Å². The second-order valence-corrected chi connectivity index (χ2v) is 2.77. The average molecular weight is 206 g/mol. The lowest BCUT2D eigenvalue weighted by Crippen LogP contribution is -2.11. The molecular weight excluding hydrogens is 196 g/mol. The van der Waals surface area contributed by atoms with E-state index in [9.17, 15) is 9.59 Å². The number of ether oxygens (including phenoxy) is 1.